The van der Waals surface area contributed by atoms with Gasteiger partial charge < -0.3 is 0 Å². The van der Waals surface area contributed by atoms with Crippen LogP contribution in [0.2, 0.25) is 0 Å². The number of hydrogen-bond acceptors (Lipinski definition) is 3. The van der Waals surface area contributed by atoms with Gasteiger partial charge in [0.05, 0.1) is 6.07 Å². The van der Waals surface area contributed by atoms with E-state index in [9.17, 15) is 4.79 Å². The van der Waals surface area contributed by atoms with Gasteiger partial charge in [-0.1, -0.05) is 37.3 Å². The molecule has 0 aliphatic rings. The maximum absolute atomic E-state index is 10.3. The highest BCUT2D eigenvalue weighted by Gasteiger charge is 2.29. The molecule has 70 valence electrons. The average molecular weight is 186 g/mol. The Hall–Kier alpha value is -1.91. The van der Waals surface area contributed by atoms with E-state index < -0.39 is 5.54 Å². The number of hydrogen-bond donors (Lipinski definition) is 0. The summed E-state index contributed by atoms with van der Waals surface area (Å²) in [5, 5.41) is 9.04. The van der Waals surface area contributed by atoms with E-state index in [2.05, 4.69) is 11.1 Å². The van der Waals surface area contributed by atoms with E-state index in [1.54, 1.807) is 12.1 Å². The second kappa shape index (κ2) is 4.36. The van der Waals surface area contributed by atoms with Gasteiger partial charge in [-0.3, -0.25) is 0 Å². The zero-order chi connectivity index (χ0) is 10.4. The Balaban J connectivity index is 3.26. The standard InChI is InChI=1S/C11H10N2O/c1-2-11(8-12,13-9-14)10-6-4-3-5-7-10/h3-7H,2H2,1H3. The van der Waals surface area contributed by atoms with Crippen LogP contribution in [0.4, 0.5) is 0 Å². The third-order valence-corrected chi connectivity index (χ3v) is 2.18. The van der Waals surface area contributed by atoms with E-state index >= 15 is 0 Å². The van der Waals surface area contributed by atoms with Crippen molar-refractivity contribution in [3.05, 3.63) is 35.9 Å². The number of aliphatic imine (C=N–C) groups is 1. The quantitative estimate of drug-likeness (QED) is 0.536. The molecule has 1 aromatic carbocycles. The fourth-order valence-corrected chi connectivity index (χ4v) is 1.31. The number of benzene rings is 1. The average Bonchev–Trinajstić information content (AvgIpc) is 2.27. The van der Waals surface area contributed by atoms with Crippen LogP contribution >= 0.6 is 0 Å². The SMILES string of the molecule is CCC(C#N)(N=C=O)c1ccccc1. The lowest BCUT2D eigenvalue weighted by Crippen LogP contribution is -2.19. The number of carbonyl (C=O) groups excluding carboxylic acids is 1. The Bertz CT molecular complexity index is 387. The number of nitriles is 1. The van der Waals surface area contributed by atoms with Crippen molar-refractivity contribution in [2.24, 2.45) is 4.99 Å². The van der Waals surface area contributed by atoms with Gasteiger partial charge in [0.2, 0.25) is 6.08 Å². The van der Waals surface area contributed by atoms with Gasteiger partial charge in [-0.25, -0.2) is 4.79 Å². The molecule has 1 rings (SSSR count). The summed E-state index contributed by atoms with van der Waals surface area (Å²) < 4.78 is 0. The van der Waals surface area contributed by atoms with Gasteiger partial charge in [0.25, 0.3) is 0 Å². The van der Waals surface area contributed by atoms with Crippen LogP contribution in [0, 0.1) is 11.3 Å². The first-order valence-corrected chi connectivity index (χ1v) is 4.35. The smallest absolute Gasteiger partial charge is 0.211 e. The van der Waals surface area contributed by atoms with Crippen molar-refractivity contribution in [2.75, 3.05) is 0 Å². The van der Waals surface area contributed by atoms with Crippen LogP contribution in [-0.2, 0) is 10.3 Å². The zero-order valence-corrected chi connectivity index (χ0v) is 7.90. The molecule has 14 heavy (non-hydrogen) atoms. The van der Waals surface area contributed by atoms with Gasteiger partial charge in [0.15, 0.2) is 5.54 Å². The summed E-state index contributed by atoms with van der Waals surface area (Å²) in [5.41, 5.74) is -0.337. The third-order valence-electron chi connectivity index (χ3n) is 2.18. The van der Waals surface area contributed by atoms with Gasteiger partial charge in [-0.05, 0) is 12.0 Å². The summed E-state index contributed by atoms with van der Waals surface area (Å²) in [6.45, 7) is 1.82. The topological polar surface area (TPSA) is 53.2 Å². The molecule has 0 saturated heterocycles. The minimum Gasteiger partial charge on any atom is -0.211 e. The zero-order valence-electron chi connectivity index (χ0n) is 7.90. The Morgan fingerprint density at radius 2 is 2.07 bits per heavy atom. The molecule has 0 bridgehead atoms. The second-order valence-corrected chi connectivity index (χ2v) is 2.89. The number of isocyanates is 1. The van der Waals surface area contributed by atoms with Crippen LogP contribution < -0.4 is 0 Å². The molecule has 0 spiro atoms. The fraction of sp³-hybridized carbons (Fsp3) is 0.273. The first kappa shape index (κ1) is 10.2. The summed E-state index contributed by atoms with van der Waals surface area (Å²) in [6.07, 6.45) is 1.92. The van der Waals surface area contributed by atoms with Crippen LogP contribution in [0.3, 0.4) is 0 Å². The molecular formula is C11H10N2O. The predicted octanol–water partition coefficient (Wildman–Crippen LogP) is 2.15. The summed E-state index contributed by atoms with van der Waals surface area (Å²) >= 11 is 0. The van der Waals surface area contributed by atoms with E-state index in [0.717, 1.165) is 5.56 Å². The van der Waals surface area contributed by atoms with Gasteiger partial charge >= 0.3 is 0 Å². The molecule has 3 nitrogen and oxygen atoms in total. The van der Waals surface area contributed by atoms with E-state index in [0.29, 0.717) is 6.42 Å². The lowest BCUT2D eigenvalue weighted by Gasteiger charge is -2.18. The normalized spacial score (nSPS) is 13.4. The van der Waals surface area contributed by atoms with Gasteiger partial charge in [-0.2, -0.15) is 10.3 Å². The molecule has 0 aliphatic carbocycles. The second-order valence-electron chi connectivity index (χ2n) is 2.89. The van der Waals surface area contributed by atoms with E-state index in [4.69, 9.17) is 5.26 Å². The van der Waals surface area contributed by atoms with Crippen molar-refractivity contribution in [3.63, 3.8) is 0 Å². The Morgan fingerprint density at radius 1 is 1.43 bits per heavy atom. The third kappa shape index (κ3) is 1.71. The van der Waals surface area contributed by atoms with Crippen LogP contribution in [0.5, 0.6) is 0 Å². The van der Waals surface area contributed by atoms with E-state index in [1.807, 2.05) is 25.1 Å². The maximum atomic E-state index is 10.3. The lowest BCUT2D eigenvalue weighted by molar-refractivity contribution is 0.524. The fourth-order valence-electron chi connectivity index (χ4n) is 1.31. The lowest BCUT2D eigenvalue weighted by atomic mass is 9.90. The molecule has 0 saturated carbocycles. The van der Waals surface area contributed by atoms with Gasteiger partial charge in [0, 0.05) is 0 Å². The molecule has 0 radical (unpaired) electrons. The van der Waals surface area contributed by atoms with Crippen molar-refractivity contribution in [1.29, 1.82) is 5.26 Å². The first-order valence-electron chi connectivity index (χ1n) is 4.35. The summed E-state index contributed by atoms with van der Waals surface area (Å²) in [4.78, 5) is 13.9. The van der Waals surface area contributed by atoms with Crippen LogP contribution in [-0.4, -0.2) is 6.08 Å². The highest BCUT2D eigenvalue weighted by molar-refractivity contribution is 5.41. The molecule has 0 fully saturated rings. The summed E-state index contributed by atoms with van der Waals surface area (Å²) in [7, 11) is 0. The molecule has 1 unspecified atom stereocenters. The van der Waals surface area contributed by atoms with Crippen molar-refractivity contribution in [2.45, 2.75) is 18.9 Å². The molecule has 3 heteroatoms. The highest BCUT2D eigenvalue weighted by atomic mass is 16.1. The van der Waals surface area contributed by atoms with Crippen molar-refractivity contribution in [1.82, 2.24) is 0 Å². The van der Waals surface area contributed by atoms with Crippen molar-refractivity contribution >= 4 is 6.08 Å². The summed E-state index contributed by atoms with van der Waals surface area (Å²) in [6, 6.07) is 11.1. The highest BCUT2D eigenvalue weighted by Crippen LogP contribution is 2.27. The van der Waals surface area contributed by atoms with Crippen LogP contribution in [0.25, 0.3) is 0 Å². The minimum absolute atomic E-state index is 0.461. The predicted molar refractivity (Wildman–Crippen MR) is 52.1 cm³/mol. The molecule has 0 N–H and O–H groups in total. The first-order chi connectivity index (χ1) is 6.79. The van der Waals surface area contributed by atoms with Crippen molar-refractivity contribution in [3.8, 4) is 6.07 Å². The number of nitrogens with zero attached hydrogens (tertiary/aromatic N) is 2. The van der Waals surface area contributed by atoms with Gasteiger partial charge in [-0.15, -0.1) is 0 Å². The summed E-state index contributed by atoms with van der Waals surface area (Å²) in [5.74, 6) is 0. The molecule has 0 heterocycles. The minimum atomic E-state index is -1.07. The molecule has 0 amide bonds. The van der Waals surface area contributed by atoms with E-state index in [-0.39, 0.29) is 0 Å². The molecule has 0 aromatic heterocycles. The molecule has 1 aromatic rings. The molecule has 0 aliphatic heterocycles. The Labute approximate surface area is 82.7 Å². The van der Waals surface area contributed by atoms with Gasteiger partial charge in [0.1, 0.15) is 0 Å². The maximum Gasteiger partial charge on any atom is 0.236 e. The monoisotopic (exact) mass is 186 g/mol. The molecule has 1 atom stereocenters. The Kier molecular flexibility index (Phi) is 3.17. The van der Waals surface area contributed by atoms with E-state index in [1.165, 1.54) is 6.08 Å². The molecular weight excluding hydrogens is 176 g/mol. The largest absolute Gasteiger partial charge is 0.236 e. The number of rotatable bonds is 3. The van der Waals surface area contributed by atoms with Crippen molar-refractivity contribution < 1.29 is 4.79 Å². The van der Waals surface area contributed by atoms with Crippen LogP contribution in [0.1, 0.15) is 18.9 Å². The van der Waals surface area contributed by atoms with Crippen LogP contribution in [0.15, 0.2) is 35.3 Å². The Morgan fingerprint density at radius 3 is 2.50 bits per heavy atom.